The van der Waals surface area contributed by atoms with E-state index in [-0.39, 0.29) is 0 Å². The van der Waals surface area contributed by atoms with E-state index < -0.39 is 10.0 Å². The number of piperazine rings is 1. The minimum atomic E-state index is -3.40. The summed E-state index contributed by atoms with van der Waals surface area (Å²) < 4.78 is 27.3. The first-order valence-corrected chi connectivity index (χ1v) is 8.82. The average molecular weight is 380 g/mol. The van der Waals surface area contributed by atoms with Gasteiger partial charge in [0.05, 0.1) is 4.90 Å². The molecular formula is C13H16BrClN2O2S. The molecule has 1 aromatic rings. The fraction of sp³-hybridized carbons (Fsp3) is 0.385. The highest BCUT2D eigenvalue weighted by Crippen LogP contribution is 2.20. The molecule has 0 amide bonds. The van der Waals surface area contributed by atoms with Gasteiger partial charge in [-0.1, -0.05) is 34.1 Å². The molecule has 4 nitrogen and oxygen atoms in total. The first-order valence-electron chi connectivity index (χ1n) is 6.21. The molecule has 0 aliphatic carbocycles. The third kappa shape index (κ3) is 3.83. The number of rotatable bonds is 4. The predicted molar refractivity (Wildman–Crippen MR) is 84.3 cm³/mol. The van der Waals surface area contributed by atoms with Crippen LogP contribution in [0.15, 0.2) is 45.2 Å². The maximum absolute atomic E-state index is 12.5. The van der Waals surface area contributed by atoms with Crippen LogP contribution in [0.1, 0.15) is 0 Å². The van der Waals surface area contributed by atoms with Crippen molar-refractivity contribution in [3.8, 4) is 0 Å². The van der Waals surface area contributed by atoms with E-state index in [0.717, 1.165) is 4.47 Å². The molecule has 0 aromatic heterocycles. The zero-order valence-electron chi connectivity index (χ0n) is 10.9. The molecule has 2 rings (SSSR count). The quantitative estimate of drug-likeness (QED) is 0.807. The third-order valence-electron chi connectivity index (χ3n) is 3.18. The minimum absolute atomic E-state index is 0.330. The fourth-order valence-corrected chi connectivity index (χ4v) is 3.98. The molecule has 0 N–H and O–H groups in total. The van der Waals surface area contributed by atoms with E-state index >= 15 is 0 Å². The normalized spacial score (nSPS) is 18.1. The fourth-order valence-electron chi connectivity index (χ4n) is 2.13. The topological polar surface area (TPSA) is 40.6 Å². The molecule has 0 unspecified atom stereocenters. The molecule has 1 aromatic carbocycles. The second-order valence-corrected chi connectivity index (χ2v) is 8.04. The van der Waals surface area contributed by atoms with Gasteiger partial charge in [0.2, 0.25) is 10.0 Å². The van der Waals surface area contributed by atoms with E-state index in [1.807, 2.05) is 0 Å². The molecule has 1 heterocycles. The van der Waals surface area contributed by atoms with Crippen molar-refractivity contribution in [3.63, 3.8) is 0 Å². The Balaban J connectivity index is 2.05. The van der Waals surface area contributed by atoms with Crippen LogP contribution in [0.2, 0.25) is 0 Å². The molecule has 7 heteroatoms. The van der Waals surface area contributed by atoms with Crippen LogP contribution in [0.3, 0.4) is 0 Å². The van der Waals surface area contributed by atoms with Gasteiger partial charge in [-0.15, -0.1) is 0 Å². The second-order valence-electron chi connectivity index (χ2n) is 4.65. The van der Waals surface area contributed by atoms with Crippen LogP contribution in [0.4, 0.5) is 0 Å². The number of halogens is 2. The number of sulfonamides is 1. The van der Waals surface area contributed by atoms with Crippen LogP contribution in [0.25, 0.3) is 0 Å². The van der Waals surface area contributed by atoms with Gasteiger partial charge in [-0.25, -0.2) is 8.42 Å². The molecule has 0 radical (unpaired) electrons. The van der Waals surface area contributed by atoms with Gasteiger partial charge in [0.25, 0.3) is 0 Å². The van der Waals surface area contributed by atoms with Gasteiger partial charge in [-0.3, -0.25) is 4.90 Å². The van der Waals surface area contributed by atoms with Crippen molar-refractivity contribution in [3.05, 3.63) is 40.3 Å². The lowest BCUT2D eigenvalue weighted by atomic mass is 10.3. The summed E-state index contributed by atoms with van der Waals surface area (Å²) in [6.45, 7) is 6.55. The first kappa shape index (κ1) is 16.0. The number of benzene rings is 1. The Kier molecular flexibility index (Phi) is 5.25. The SMILES string of the molecule is C=C(Cl)CN1CCN(S(=O)(=O)c2ccc(Br)cc2)CC1. The Morgan fingerprint density at radius 2 is 1.75 bits per heavy atom. The lowest BCUT2D eigenvalue weighted by Gasteiger charge is -2.33. The van der Waals surface area contributed by atoms with Crippen LogP contribution >= 0.6 is 27.5 Å². The summed E-state index contributed by atoms with van der Waals surface area (Å²) in [4.78, 5) is 2.43. The summed E-state index contributed by atoms with van der Waals surface area (Å²) in [7, 11) is -3.40. The Morgan fingerprint density at radius 3 is 2.25 bits per heavy atom. The molecule has 1 fully saturated rings. The molecule has 1 aliphatic heterocycles. The van der Waals surface area contributed by atoms with E-state index in [4.69, 9.17) is 11.6 Å². The number of hydrogen-bond acceptors (Lipinski definition) is 3. The molecule has 1 aliphatic rings. The Labute approximate surface area is 133 Å². The highest BCUT2D eigenvalue weighted by Gasteiger charge is 2.28. The summed E-state index contributed by atoms with van der Waals surface area (Å²) in [5.41, 5.74) is 0. The Bertz CT molecular complexity index is 581. The summed E-state index contributed by atoms with van der Waals surface area (Å²) in [6.07, 6.45) is 0. The van der Waals surface area contributed by atoms with Crippen LogP contribution in [-0.2, 0) is 10.0 Å². The van der Waals surface area contributed by atoms with Crippen LogP contribution in [0, 0.1) is 0 Å². The highest BCUT2D eigenvalue weighted by atomic mass is 79.9. The van der Waals surface area contributed by atoms with Gasteiger partial charge in [-0.2, -0.15) is 4.31 Å². The molecule has 20 heavy (non-hydrogen) atoms. The average Bonchev–Trinajstić information content (AvgIpc) is 2.39. The van der Waals surface area contributed by atoms with Crippen LogP contribution < -0.4 is 0 Å². The number of nitrogens with zero attached hydrogens (tertiary/aromatic N) is 2. The van der Waals surface area contributed by atoms with Gasteiger partial charge < -0.3 is 0 Å². The minimum Gasteiger partial charge on any atom is -0.296 e. The summed E-state index contributed by atoms with van der Waals surface area (Å²) in [5, 5.41) is 0.578. The van der Waals surface area contributed by atoms with E-state index in [0.29, 0.717) is 42.7 Å². The molecule has 0 saturated carbocycles. The molecule has 0 bridgehead atoms. The van der Waals surface area contributed by atoms with Gasteiger partial charge in [0, 0.05) is 42.2 Å². The Hall–Kier alpha value is -0.400. The van der Waals surface area contributed by atoms with Crippen molar-refractivity contribution in [2.45, 2.75) is 4.90 Å². The van der Waals surface area contributed by atoms with Gasteiger partial charge >= 0.3 is 0 Å². The van der Waals surface area contributed by atoms with E-state index in [2.05, 4.69) is 27.4 Å². The molecular weight excluding hydrogens is 364 g/mol. The van der Waals surface area contributed by atoms with Gasteiger partial charge in [0.1, 0.15) is 0 Å². The molecule has 0 spiro atoms. The molecule has 110 valence electrons. The predicted octanol–water partition coefficient (Wildman–Crippen LogP) is 2.51. The van der Waals surface area contributed by atoms with Gasteiger partial charge in [-0.05, 0) is 24.3 Å². The molecule has 0 atom stereocenters. The van der Waals surface area contributed by atoms with Crippen molar-refractivity contribution < 1.29 is 8.42 Å². The van der Waals surface area contributed by atoms with E-state index in [9.17, 15) is 8.42 Å². The van der Waals surface area contributed by atoms with Crippen molar-refractivity contribution in [1.82, 2.24) is 9.21 Å². The maximum Gasteiger partial charge on any atom is 0.243 e. The third-order valence-corrected chi connectivity index (χ3v) is 5.74. The summed E-state index contributed by atoms with van der Waals surface area (Å²) >= 11 is 9.08. The van der Waals surface area contributed by atoms with Crippen LogP contribution in [0.5, 0.6) is 0 Å². The largest absolute Gasteiger partial charge is 0.296 e. The zero-order valence-corrected chi connectivity index (χ0v) is 14.1. The zero-order chi connectivity index (χ0) is 14.8. The van der Waals surface area contributed by atoms with E-state index in [1.165, 1.54) is 4.31 Å². The second kappa shape index (κ2) is 6.58. The summed E-state index contributed by atoms with van der Waals surface area (Å²) in [6, 6.07) is 6.71. The smallest absolute Gasteiger partial charge is 0.243 e. The molecule has 1 saturated heterocycles. The van der Waals surface area contributed by atoms with Crippen LogP contribution in [-0.4, -0.2) is 50.3 Å². The van der Waals surface area contributed by atoms with Gasteiger partial charge in [0.15, 0.2) is 0 Å². The standard InChI is InChI=1S/C13H16BrClN2O2S/c1-11(15)10-16-6-8-17(9-7-16)20(18,19)13-4-2-12(14)3-5-13/h2-5H,1,6-10H2. The number of hydrogen-bond donors (Lipinski definition) is 0. The van der Waals surface area contributed by atoms with Crippen molar-refractivity contribution in [1.29, 1.82) is 0 Å². The summed E-state index contributed by atoms with van der Waals surface area (Å²) in [5.74, 6) is 0. The Morgan fingerprint density at radius 1 is 1.20 bits per heavy atom. The maximum atomic E-state index is 12.5. The lowest BCUT2D eigenvalue weighted by molar-refractivity contribution is 0.203. The van der Waals surface area contributed by atoms with Crippen molar-refractivity contribution >= 4 is 37.6 Å². The van der Waals surface area contributed by atoms with Crippen molar-refractivity contribution in [2.75, 3.05) is 32.7 Å². The lowest BCUT2D eigenvalue weighted by Crippen LogP contribution is -2.48. The highest BCUT2D eigenvalue weighted by molar-refractivity contribution is 9.10. The first-order chi connectivity index (χ1) is 9.39. The van der Waals surface area contributed by atoms with Crippen molar-refractivity contribution in [2.24, 2.45) is 0 Å². The monoisotopic (exact) mass is 378 g/mol. The van der Waals surface area contributed by atoms with E-state index in [1.54, 1.807) is 24.3 Å².